The van der Waals surface area contributed by atoms with Gasteiger partial charge in [-0.2, -0.15) is 5.26 Å². The van der Waals surface area contributed by atoms with Gasteiger partial charge in [-0.05, 0) is 66.8 Å². The predicted octanol–water partition coefficient (Wildman–Crippen LogP) is 4.53. The third-order valence-electron chi connectivity index (χ3n) is 4.33. The molecule has 0 spiro atoms. The quantitative estimate of drug-likeness (QED) is 0.436. The minimum Gasteiger partial charge on any atom is -0.355 e. The maximum atomic E-state index is 9.62. The van der Waals surface area contributed by atoms with E-state index >= 15 is 0 Å². The van der Waals surface area contributed by atoms with Crippen LogP contribution in [0.2, 0.25) is 0 Å². The first kappa shape index (κ1) is 14.4. The molecule has 3 aromatic heterocycles. The van der Waals surface area contributed by atoms with Crippen LogP contribution in [0.15, 0.2) is 42.5 Å². The van der Waals surface area contributed by atoms with Crippen molar-refractivity contribution >= 4 is 46.4 Å². The van der Waals surface area contributed by atoms with E-state index in [2.05, 4.69) is 26.0 Å². The first-order valence-electron chi connectivity index (χ1n) is 8.24. The monoisotopic (exact) mass is 335 g/mol. The fourth-order valence-corrected chi connectivity index (χ4v) is 3.13. The molecule has 8 bridgehead atoms. The summed E-state index contributed by atoms with van der Waals surface area (Å²) in [6, 6.07) is 16.0. The third kappa shape index (κ3) is 2.50. The van der Waals surface area contributed by atoms with Gasteiger partial charge in [-0.25, -0.2) is 9.97 Å². The van der Waals surface area contributed by atoms with Gasteiger partial charge in [0.2, 0.25) is 0 Å². The lowest BCUT2D eigenvalue weighted by Gasteiger charge is -1.90. The Balaban J connectivity index is 1.90. The highest BCUT2D eigenvalue weighted by molar-refractivity contribution is 5.80. The third-order valence-corrected chi connectivity index (χ3v) is 4.33. The van der Waals surface area contributed by atoms with Crippen LogP contribution in [0.25, 0.3) is 46.4 Å². The van der Waals surface area contributed by atoms with Gasteiger partial charge in [-0.3, -0.25) is 0 Å². The van der Waals surface area contributed by atoms with E-state index in [1.807, 2.05) is 66.8 Å². The highest BCUT2D eigenvalue weighted by atomic mass is 14.8. The summed E-state index contributed by atoms with van der Waals surface area (Å²) in [6.45, 7) is 0. The second-order valence-electron chi connectivity index (χ2n) is 6.17. The standard InChI is InChI=1S/C21H13N5/c22-12-19-20-7-5-17(25-20)10-15-3-1-13(23-15)9-14-2-4-16(24-14)11-18-6-8-21(19)26-18/h1-11,23,26H. The molecule has 0 radical (unpaired) electrons. The molecule has 5 heterocycles. The van der Waals surface area contributed by atoms with E-state index in [4.69, 9.17) is 0 Å². The van der Waals surface area contributed by atoms with Crippen molar-refractivity contribution in [3.63, 3.8) is 0 Å². The van der Waals surface area contributed by atoms with Crippen molar-refractivity contribution in [2.75, 3.05) is 0 Å². The first-order chi connectivity index (χ1) is 12.8. The van der Waals surface area contributed by atoms with Gasteiger partial charge >= 0.3 is 0 Å². The summed E-state index contributed by atoms with van der Waals surface area (Å²) in [5.41, 5.74) is 7.31. The largest absolute Gasteiger partial charge is 0.355 e. The molecule has 26 heavy (non-hydrogen) atoms. The summed E-state index contributed by atoms with van der Waals surface area (Å²) in [4.78, 5) is 15.8. The van der Waals surface area contributed by atoms with Crippen LogP contribution in [0.4, 0.5) is 0 Å². The Morgan fingerprint density at radius 1 is 0.692 bits per heavy atom. The minimum absolute atomic E-state index is 0.521. The van der Waals surface area contributed by atoms with Gasteiger partial charge in [0.15, 0.2) is 0 Å². The number of nitrogens with zero attached hydrogens (tertiary/aromatic N) is 3. The molecule has 0 saturated heterocycles. The number of aromatic nitrogens is 4. The number of aromatic amines is 2. The average molecular weight is 335 g/mol. The second-order valence-corrected chi connectivity index (χ2v) is 6.17. The number of fused-ring (bicyclic) bond motifs is 8. The Bertz CT molecular complexity index is 1300. The summed E-state index contributed by atoms with van der Waals surface area (Å²) < 4.78 is 0. The van der Waals surface area contributed by atoms with Gasteiger partial charge < -0.3 is 9.97 Å². The van der Waals surface area contributed by atoms with E-state index in [1.165, 1.54) is 0 Å². The summed E-state index contributed by atoms with van der Waals surface area (Å²) in [7, 11) is 0. The Kier molecular flexibility index (Phi) is 3.09. The van der Waals surface area contributed by atoms with Gasteiger partial charge in [0.05, 0.1) is 28.3 Å². The van der Waals surface area contributed by atoms with Crippen LogP contribution in [-0.2, 0) is 0 Å². The molecule has 5 nitrogen and oxygen atoms in total. The van der Waals surface area contributed by atoms with E-state index in [1.54, 1.807) is 0 Å². The summed E-state index contributed by atoms with van der Waals surface area (Å²) in [6.07, 6.45) is 7.73. The topological polar surface area (TPSA) is 81.2 Å². The normalized spacial score (nSPS) is 12.3. The molecule has 2 N–H and O–H groups in total. The first-order valence-corrected chi connectivity index (χ1v) is 8.24. The molecule has 2 aliphatic rings. The van der Waals surface area contributed by atoms with E-state index in [0.717, 1.165) is 39.1 Å². The number of hydrogen-bond acceptors (Lipinski definition) is 3. The van der Waals surface area contributed by atoms with E-state index in [0.29, 0.717) is 11.3 Å². The average Bonchev–Trinajstić information content (AvgIpc) is 3.39. The van der Waals surface area contributed by atoms with Crippen molar-refractivity contribution in [3.05, 3.63) is 70.8 Å². The second kappa shape index (κ2) is 5.57. The van der Waals surface area contributed by atoms with Gasteiger partial charge in [0.1, 0.15) is 11.6 Å². The zero-order valence-electron chi connectivity index (χ0n) is 13.7. The zero-order valence-corrected chi connectivity index (χ0v) is 13.7. The lowest BCUT2D eigenvalue weighted by molar-refractivity contribution is 1.30. The molecule has 0 amide bonds. The van der Waals surface area contributed by atoms with Gasteiger partial charge in [-0.15, -0.1) is 0 Å². The van der Waals surface area contributed by atoms with Crippen LogP contribution in [0, 0.1) is 11.3 Å². The highest BCUT2D eigenvalue weighted by Crippen LogP contribution is 2.20. The highest BCUT2D eigenvalue weighted by Gasteiger charge is 2.07. The Hall–Kier alpha value is -3.91. The van der Waals surface area contributed by atoms with Crippen LogP contribution in [-0.4, -0.2) is 19.9 Å². The molecule has 0 aromatic carbocycles. The zero-order chi connectivity index (χ0) is 17.5. The maximum Gasteiger partial charge on any atom is 0.104 e. The van der Waals surface area contributed by atoms with Crippen molar-refractivity contribution in [1.82, 2.24) is 19.9 Å². The van der Waals surface area contributed by atoms with Crippen LogP contribution >= 0.6 is 0 Å². The van der Waals surface area contributed by atoms with E-state index in [-0.39, 0.29) is 0 Å². The van der Waals surface area contributed by atoms with Crippen LogP contribution in [0.3, 0.4) is 0 Å². The fraction of sp³-hybridized carbons (Fsp3) is 0. The number of nitriles is 1. The molecule has 0 unspecified atom stereocenters. The maximum absolute atomic E-state index is 9.62. The van der Waals surface area contributed by atoms with E-state index < -0.39 is 0 Å². The Morgan fingerprint density at radius 3 is 1.96 bits per heavy atom. The van der Waals surface area contributed by atoms with Gasteiger partial charge in [0, 0.05) is 16.6 Å². The number of rotatable bonds is 0. The molecule has 0 fully saturated rings. The SMILES string of the molecule is N#Cc1c2nc(cc3ccc(cc4nc(cc5ccc1[nH]5)C=C4)[nH]3)C=C2. The molecular weight excluding hydrogens is 322 g/mol. The van der Waals surface area contributed by atoms with Crippen molar-refractivity contribution < 1.29 is 0 Å². The smallest absolute Gasteiger partial charge is 0.104 e. The number of nitrogens with one attached hydrogen (secondary N) is 2. The van der Waals surface area contributed by atoms with Gasteiger partial charge in [0.25, 0.3) is 0 Å². The lowest BCUT2D eigenvalue weighted by Crippen LogP contribution is -1.83. The molecule has 5 heteroatoms. The summed E-state index contributed by atoms with van der Waals surface area (Å²) in [5.74, 6) is 0. The number of hydrogen-bond donors (Lipinski definition) is 2. The van der Waals surface area contributed by atoms with Crippen molar-refractivity contribution in [2.45, 2.75) is 0 Å². The summed E-state index contributed by atoms with van der Waals surface area (Å²) in [5, 5.41) is 9.62. The van der Waals surface area contributed by atoms with Crippen LogP contribution in [0.5, 0.6) is 0 Å². The van der Waals surface area contributed by atoms with Crippen molar-refractivity contribution in [2.24, 2.45) is 0 Å². The number of H-pyrrole nitrogens is 2. The molecule has 122 valence electrons. The molecule has 2 aliphatic heterocycles. The molecule has 0 saturated carbocycles. The Labute approximate surface area is 149 Å². The minimum atomic E-state index is 0.521. The summed E-state index contributed by atoms with van der Waals surface area (Å²) >= 11 is 0. The van der Waals surface area contributed by atoms with Crippen molar-refractivity contribution in [1.29, 1.82) is 5.26 Å². The van der Waals surface area contributed by atoms with E-state index in [9.17, 15) is 5.26 Å². The van der Waals surface area contributed by atoms with Crippen LogP contribution in [0.1, 0.15) is 28.3 Å². The molecular formula is C21H13N5. The molecule has 0 atom stereocenters. The van der Waals surface area contributed by atoms with Gasteiger partial charge in [-0.1, -0.05) is 0 Å². The van der Waals surface area contributed by atoms with Crippen molar-refractivity contribution in [3.8, 4) is 6.07 Å². The fourth-order valence-electron chi connectivity index (χ4n) is 3.13. The molecule has 3 aromatic rings. The van der Waals surface area contributed by atoms with Crippen LogP contribution < -0.4 is 0 Å². The molecule has 0 aliphatic carbocycles. The lowest BCUT2D eigenvalue weighted by atomic mass is 10.2. The Morgan fingerprint density at radius 2 is 1.27 bits per heavy atom. The molecule has 5 rings (SSSR count). The predicted molar refractivity (Wildman–Crippen MR) is 104 cm³/mol.